The fraction of sp³-hybridized carbons (Fsp3) is 0.375. The van der Waals surface area contributed by atoms with Crippen LogP contribution in [-0.4, -0.2) is 9.55 Å². The molecule has 1 aliphatic rings. The van der Waals surface area contributed by atoms with Crippen LogP contribution in [0.15, 0.2) is 35.1 Å². The third kappa shape index (κ3) is 2.50. The lowest BCUT2D eigenvalue weighted by molar-refractivity contribution is 0.465. The average molecular weight is 289 g/mol. The lowest BCUT2D eigenvalue weighted by Gasteiger charge is -2.26. The van der Waals surface area contributed by atoms with Gasteiger partial charge in [-0.05, 0) is 37.3 Å². The smallest absolute Gasteiger partial charge is 0.254 e. The van der Waals surface area contributed by atoms with Gasteiger partial charge in [0.2, 0.25) is 0 Å². The van der Waals surface area contributed by atoms with Crippen LogP contribution in [0.4, 0.5) is 0 Å². The van der Waals surface area contributed by atoms with Crippen LogP contribution in [0.25, 0.3) is 0 Å². The van der Waals surface area contributed by atoms with Gasteiger partial charge < -0.3 is 0 Å². The van der Waals surface area contributed by atoms with Gasteiger partial charge in [-0.3, -0.25) is 9.36 Å². The molecule has 1 heterocycles. The molecule has 0 spiro atoms. The van der Waals surface area contributed by atoms with Gasteiger partial charge in [0.05, 0.1) is 0 Å². The summed E-state index contributed by atoms with van der Waals surface area (Å²) in [7, 11) is 0. The van der Waals surface area contributed by atoms with E-state index < -0.39 is 0 Å². The number of benzene rings is 1. The number of aryl methyl sites for hydroxylation is 2. The van der Waals surface area contributed by atoms with Gasteiger partial charge in [-0.2, -0.15) is 0 Å². The monoisotopic (exact) mass is 288 g/mol. The van der Waals surface area contributed by atoms with E-state index in [-0.39, 0.29) is 10.7 Å². The zero-order valence-corrected chi connectivity index (χ0v) is 12.2. The lowest BCUT2D eigenvalue weighted by Crippen LogP contribution is -2.27. The fourth-order valence-electron chi connectivity index (χ4n) is 3.07. The van der Waals surface area contributed by atoms with E-state index in [2.05, 4.69) is 29.2 Å². The van der Waals surface area contributed by atoms with Crippen molar-refractivity contribution in [3.05, 3.63) is 62.8 Å². The Labute approximate surface area is 123 Å². The van der Waals surface area contributed by atoms with Gasteiger partial charge >= 0.3 is 0 Å². The van der Waals surface area contributed by atoms with Crippen LogP contribution in [0.5, 0.6) is 0 Å². The van der Waals surface area contributed by atoms with Gasteiger partial charge in [-0.15, -0.1) is 0 Å². The quantitative estimate of drug-likeness (QED) is 0.795. The van der Waals surface area contributed by atoms with Crippen molar-refractivity contribution >= 4 is 11.6 Å². The first-order valence-electron chi connectivity index (χ1n) is 6.97. The maximum Gasteiger partial charge on any atom is 0.254 e. The number of nitrogens with zero attached hydrogens (tertiary/aromatic N) is 2. The Bertz CT molecular complexity index is 693. The maximum absolute atomic E-state index is 12.1. The van der Waals surface area contributed by atoms with E-state index in [1.54, 1.807) is 4.57 Å². The van der Waals surface area contributed by atoms with Crippen molar-refractivity contribution < 1.29 is 0 Å². The van der Waals surface area contributed by atoms with Gasteiger partial charge in [0.25, 0.3) is 5.56 Å². The second kappa shape index (κ2) is 5.41. The summed E-state index contributed by atoms with van der Waals surface area (Å²) in [6, 6.07) is 9.93. The molecule has 1 aliphatic carbocycles. The zero-order chi connectivity index (χ0) is 14.1. The molecule has 4 heteroatoms. The van der Waals surface area contributed by atoms with Crippen molar-refractivity contribution in [3.63, 3.8) is 0 Å². The first-order chi connectivity index (χ1) is 9.65. The summed E-state index contributed by atoms with van der Waals surface area (Å²) >= 11 is 5.82. The predicted molar refractivity (Wildman–Crippen MR) is 80.4 cm³/mol. The van der Waals surface area contributed by atoms with Gasteiger partial charge in [-0.1, -0.05) is 35.9 Å². The van der Waals surface area contributed by atoms with E-state index in [9.17, 15) is 4.79 Å². The summed E-state index contributed by atoms with van der Waals surface area (Å²) in [4.78, 5) is 16.3. The highest BCUT2D eigenvalue weighted by atomic mass is 35.5. The van der Waals surface area contributed by atoms with E-state index in [1.165, 1.54) is 23.6 Å². The van der Waals surface area contributed by atoms with Crippen LogP contribution < -0.4 is 5.56 Å². The number of aromatic nitrogens is 2. The molecule has 0 fully saturated rings. The standard InChI is InChI=1S/C16H17ClN2O/c1-11-18-15(17)9-16(20)19(11)10-13-7-4-6-12-5-2-3-8-14(12)13/h2-3,5,8-9,13H,4,6-7,10H2,1H3. The van der Waals surface area contributed by atoms with Crippen LogP contribution in [-0.2, 0) is 13.0 Å². The van der Waals surface area contributed by atoms with E-state index in [4.69, 9.17) is 11.6 Å². The van der Waals surface area contributed by atoms with Crippen molar-refractivity contribution in [3.8, 4) is 0 Å². The molecule has 2 aromatic rings. The molecule has 0 saturated carbocycles. The molecule has 3 rings (SSSR count). The summed E-state index contributed by atoms with van der Waals surface area (Å²) in [6.45, 7) is 2.52. The molecule has 3 nitrogen and oxygen atoms in total. The number of halogens is 1. The molecule has 1 aromatic heterocycles. The molecule has 0 aliphatic heterocycles. The van der Waals surface area contributed by atoms with Gasteiger partial charge in [0.1, 0.15) is 11.0 Å². The minimum Gasteiger partial charge on any atom is -0.296 e. The number of fused-ring (bicyclic) bond motifs is 1. The van der Waals surface area contributed by atoms with Crippen molar-refractivity contribution in [2.75, 3.05) is 0 Å². The Morgan fingerprint density at radius 3 is 3.00 bits per heavy atom. The van der Waals surface area contributed by atoms with E-state index in [1.807, 2.05) is 6.92 Å². The topological polar surface area (TPSA) is 34.9 Å². The average Bonchev–Trinajstić information content (AvgIpc) is 2.43. The molecule has 1 aromatic carbocycles. The second-order valence-electron chi connectivity index (χ2n) is 5.36. The Hall–Kier alpha value is -1.61. The molecular formula is C16H17ClN2O. The van der Waals surface area contributed by atoms with Crippen molar-refractivity contribution in [1.82, 2.24) is 9.55 Å². The summed E-state index contributed by atoms with van der Waals surface area (Å²) in [5.74, 6) is 1.07. The van der Waals surface area contributed by atoms with E-state index >= 15 is 0 Å². The van der Waals surface area contributed by atoms with Crippen molar-refractivity contribution in [1.29, 1.82) is 0 Å². The third-order valence-corrected chi connectivity index (χ3v) is 4.26. The Kier molecular flexibility index (Phi) is 3.62. The molecule has 20 heavy (non-hydrogen) atoms. The highest BCUT2D eigenvalue weighted by Gasteiger charge is 2.21. The predicted octanol–water partition coefficient (Wildman–Crippen LogP) is 3.33. The van der Waals surface area contributed by atoms with Gasteiger partial charge in [-0.25, -0.2) is 4.98 Å². The highest BCUT2D eigenvalue weighted by molar-refractivity contribution is 6.29. The molecular weight excluding hydrogens is 272 g/mol. The fourth-order valence-corrected chi connectivity index (χ4v) is 3.29. The molecule has 104 valence electrons. The van der Waals surface area contributed by atoms with Gasteiger partial charge in [0, 0.05) is 18.5 Å². The van der Waals surface area contributed by atoms with Gasteiger partial charge in [0.15, 0.2) is 0 Å². The highest BCUT2D eigenvalue weighted by Crippen LogP contribution is 2.32. The zero-order valence-electron chi connectivity index (χ0n) is 11.5. The molecule has 0 N–H and O–H groups in total. The first-order valence-corrected chi connectivity index (χ1v) is 7.35. The molecule has 0 radical (unpaired) electrons. The molecule has 0 saturated heterocycles. The largest absolute Gasteiger partial charge is 0.296 e. The second-order valence-corrected chi connectivity index (χ2v) is 5.75. The van der Waals surface area contributed by atoms with Crippen LogP contribution in [0, 0.1) is 6.92 Å². The summed E-state index contributed by atoms with van der Waals surface area (Å²) in [5.41, 5.74) is 2.72. The number of rotatable bonds is 2. The van der Waals surface area contributed by atoms with Crippen molar-refractivity contribution in [2.45, 2.75) is 38.6 Å². The van der Waals surface area contributed by atoms with Crippen LogP contribution in [0.3, 0.4) is 0 Å². The minimum absolute atomic E-state index is 0.0643. The SMILES string of the molecule is Cc1nc(Cl)cc(=O)n1CC1CCCc2ccccc21. The molecule has 0 amide bonds. The summed E-state index contributed by atoms with van der Waals surface area (Å²) in [6.07, 6.45) is 3.43. The van der Waals surface area contributed by atoms with E-state index in [0.717, 1.165) is 12.8 Å². The lowest BCUT2D eigenvalue weighted by atomic mass is 9.83. The van der Waals surface area contributed by atoms with Crippen molar-refractivity contribution in [2.24, 2.45) is 0 Å². The first kappa shape index (κ1) is 13.4. The Morgan fingerprint density at radius 2 is 2.20 bits per heavy atom. The minimum atomic E-state index is -0.0643. The van der Waals surface area contributed by atoms with E-state index in [0.29, 0.717) is 18.3 Å². The summed E-state index contributed by atoms with van der Waals surface area (Å²) in [5, 5.41) is 0.271. The number of hydrogen-bond acceptors (Lipinski definition) is 2. The van der Waals surface area contributed by atoms with Crippen LogP contribution in [0.2, 0.25) is 5.15 Å². The molecule has 1 atom stereocenters. The molecule has 0 bridgehead atoms. The van der Waals surface area contributed by atoms with Crippen LogP contribution in [0.1, 0.15) is 35.7 Å². The Morgan fingerprint density at radius 1 is 1.40 bits per heavy atom. The summed E-state index contributed by atoms with van der Waals surface area (Å²) < 4.78 is 1.73. The third-order valence-electron chi connectivity index (χ3n) is 4.06. The molecule has 1 unspecified atom stereocenters. The normalized spacial score (nSPS) is 17.8. The van der Waals surface area contributed by atoms with Crippen LogP contribution >= 0.6 is 11.6 Å². The maximum atomic E-state index is 12.1. The number of hydrogen-bond donors (Lipinski definition) is 0. The Balaban J connectivity index is 1.96.